The van der Waals surface area contributed by atoms with Gasteiger partial charge >= 0.3 is 0 Å². The predicted octanol–water partition coefficient (Wildman–Crippen LogP) is 4.58. The lowest BCUT2D eigenvalue weighted by molar-refractivity contribution is 0.208. The van der Waals surface area contributed by atoms with E-state index in [0.717, 1.165) is 24.4 Å². The second-order valence-corrected chi connectivity index (χ2v) is 7.86. The van der Waals surface area contributed by atoms with Gasteiger partial charge in [0.25, 0.3) is 0 Å². The molecular formula is C19H29N3O2S. The van der Waals surface area contributed by atoms with Gasteiger partial charge in [0, 0.05) is 17.5 Å². The molecule has 0 unspecified atom stereocenters. The lowest BCUT2D eigenvalue weighted by atomic mass is 9.72. The van der Waals surface area contributed by atoms with Crippen molar-refractivity contribution in [2.45, 2.75) is 46.5 Å². The highest BCUT2D eigenvalue weighted by Gasteiger charge is 2.28. The number of nitrogens with zero attached hydrogens (tertiary/aromatic N) is 1. The van der Waals surface area contributed by atoms with Gasteiger partial charge < -0.3 is 14.8 Å². The van der Waals surface area contributed by atoms with E-state index in [-0.39, 0.29) is 0 Å². The van der Waals surface area contributed by atoms with E-state index >= 15 is 0 Å². The van der Waals surface area contributed by atoms with E-state index < -0.39 is 0 Å². The van der Waals surface area contributed by atoms with E-state index in [4.69, 9.17) is 21.7 Å². The van der Waals surface area contributed by atoms with Crippen LogP contribution in [0.4, 0.5) is 5.69 Å². The average Bonchev–Trinajstić information content (AvgIpc) is 2.59. The van der Waals surface area contributed by atoms with Crippen molar-refractivity contribution in [1.29, 1.82) is 0 Å². The van der Waals surface area contributed by atoms with Gasteiger partial charge in [-0.1, -0.05) is 20.8 Å². The molecular weight excluding hydrogens is 334 g/mol. The molecule has 0 saturated heterocycles. The highest BCUT2D eigenvalue weighted by Crippen LogP contribution is 2.36. The van der Waals surface area contributed by atoms with E-state index in [2.05, 4.69) is 36.6 Å². The SMILES string of the molecule is COc1ccc(NC(=S)NN=C2CCC(C(C)(C)C)CC2)cc1OC. The topological polar surface area (TPSA) is 54.9 Å². The van der Waals surface area contributed by atoms with Crippen LogP contribution < -0.4 is 20.2 Å². The van der Waals surface area contributed by atoms with E-state index in [1.54, 1.807) is 14.2 Å². The van der Waals surface area contributed by atoms with Crippen molar-refractivity contribution in [3.63, 3.8) is 0 Å². The molecule has 0 heterocycles. The first-order chi connectivity index (χ1) is 11.8. The van der Waals surface area contributed by atoms with Gasteiger partial charge in [-0.25, -0.2) is 0 Å². The first-order valence-electron chi connectivity index (χ1n) is 8.68. The Morgan fingerprint density at radius 1 is 1.12 bits per heavy atom. The maximum absolute atomic E-state index is 5.33. The molecule has 5 nitrogen and oxygen atoms in total. The van der Waals surface area contributed by atoms with Crippen molar-refractivity contribution in [1.82, 2.24) is 5.43 Å². The van der Waals surface area contributed by atoms with Crippen LogP contribution in [-0.4, -0.2) is 25.0 Å². The largest absolute Gasteiger partial charge is 0.493 e. The maximum atomic E-state index is 5.33. The third-order valence-electron chi connectivity index (χ3n) is 4.74. The van der Waals surface area contributed by atoms with Crippen LogP contribution in [0.25, 0.3) is 0 Å². The molecule has 2 rings (SSSR count). The molecule has 1 aliphatic rings. The highest BCUT2D eigenvalue weighted by molar-refractivity contribution is 7.80. The molecule has 0 amide bonds. The second-order valence-electron chi connectivity index (χ2n) is 7.45. The molecule has 6 heteroatoms. The fourth-order valence-corrected chi connectivity index (χ4v) is 3.30. The molecule has 25 heavy (non-hydrogen) atoms. The van der Waals surface area contributed by atoms with Crippen LogP contribution in [0.3, 0.4) is 0 Å². The third-order valence-corrected chi connectivity index (χ3v) is 4.94. The van der Waals surface area contributed by atoms with Gasteiger partial charge in [0.05, 0.1) is 14.2 Å². The molecule has 0 aromatic heterocycles. The fourth-order valence-electron chi connectivity index (χ4n) is 3.13. The molecule has 1 saturated carbocycles. The van der Waals surface area contributed by atoms with E-state index in [0.29, 0.717) is 22.0 Å². The minimum Gasteiger partial charge on any atom is -0.493 e. The summed E-state index contributed by atoms with van der Waals surface area (Å²) in [6.07, 6.45) is 4.46. The van der Waals surface area contributed by atoms with Crippen molar-refractivity contribution in [2.24, 2.45) is 16.4 Å². The molecule has 0 radical (unpaired) electrons. The summed E-state index contributed by atoms with van der Waals surface area (Å²) in [7, 11) is 3.22. The molecule has 2 N–H and O–H groups in total. The third kappa shape index (κ3) is 5.59. The van der Waals surface area contributed by atoms with E-state index in [1.807, 2.05) is 18.2 Å². The van der Waals surface area contributed by atoms with E-state index in [9.17, 15) is 0 Å². The summed E-state index contributed by atoms with van der Waals surface area (Å²) in [6, 6.07) is 5.56. The number of methoxy groups -OCH3 is 2. The van der Waals surface area contributed by atoms with Crippen LogP contribution in [0.15, 0.2) is 23.3 Å². The highest BCUT2D eigenvalue weighted by atomic mass is 32.1. The second kappa shape index (κ2) is 8.52. The van der Waals surface area contributed by atoms with Crippen molar-refractivity contribution in [3.8, 4) is 11.5 Å². The normalized spacial score (nSPS) is 17.6. The van der Waals surface area contributed by atoms with Crippen LogP contribution in [0.2, 0.25) is 0 Å². The zero-order valence-electron chi connectivity index (χ0n) is 15.8. The summed E-state index contributed by atoms with van der Waals surface area (Å²) in [5.74, 6) is 2.10. The van der Waals surface area contributed by atoms with Crippen LogP contribution in [0.5, 0.6) is 11.5 Å². The number of ether oxygens (including phenoxy) is 2. The van der Waals surface area contributed by atoms with Gasteiger partial charge in [-0.05, 0) is 61.4 Å². The first kappa shape index (κ1) is 19.5. The van der Waals surface area contributed by atoms with Gasteiger partial charge in [-0.15, -0.1) is 0 Å². The summed E-state index contributed by atoms with van der Waals surface area (Å²) in [4.78, 5) is 0. The number of hydrogen-bond donors (Lipinski definition) is 2. The Labute approximate surface area is 156 Å². The van der Waals surface area contributed by atoms with Gasteiger partial charge in [0.1, 0.15) is 0 Å². The molecule has 1 aromatic rings. The van der Waals surface area contributed by atoms with Crippen molar-refractivity contribution >= 4 is 28.7 Å². The standard InChI is InChI=1S/C19H29N3O2S/c1-19(2,3)13-6-8-14(9-7-13)21-22-18(25)20-15-10-11-16(23-4)17(12-15)24-5/h10-13H,6-9H2,1-5H3,(H2,20,22,25). The number of thiocarbonyl (C=S) groups is 1. The molecule has 1 aliphatic carbocycles. The summed E-state index contributed by atoms with van der Waals surface area (Å²) < 4.78 is 10.5. The van der Waals surface area contributed by atoms with Crippen molar-refractivity contribution in [3.05, 3.63) is 18.2 Å². The van der Waals surface area contributed by atoms with Crippen molar-refractivity contribution < 1.29 is 9.47 Å². The Bertz CT molecular complexity index is 628. The minimum absolute atomic E-state index is 0.378. The van der Waals surface area contributed by atoms with Gasteiger partial charge in [0.15, 0.2) is 16.6 Å². The fraction of sp³-hybridized carbons (Fsp3) is 0.579. The number of nitrogens with one attached hydrogen (secondary N) is 2. The van der Waals surface area contributed by atoms with Crippen molar-refractivity contribution in [2.75, 3.05) is 19.5 Å². The number of anilines is 1. The molecule has 0 atom stereocenters. The number of hydrogen-bond acceptors (Lipinski definition) is 4. The lowest BCUT2D eigenvalue weighted by Gasteiger charge is -2.34. The van der Waals surface area contributed by atoms with Crippen LogP contribution in [-0.2, 0) is 0 Å². The van der Waals surface area contributed by atoms with Gasteiger partial charge in [-0.3, -0.25) is 5.43 Å². The number of rotatable bonds is 4. The maximum Gasteiger partial charge on any atom is 0.191 e. The molecule has 0 bridgehead atoms. The Kier molecular flexibility index (Phi) is 6.64. The zero-order valence-corrected chi connectivity index (χ0v) is 16.6. The van der Waals surface area contributed by atoms with E-state index in [1.165, 1.54) is 18.6 Å². The number of hydrazone groups is 1. The smallest absolute Gasteiger partial charge is 0.191 e. The summed E-state index contributed by atoms with van der Waals surface area (Å²) in [6.45, 7) is 6.96. The zero-order chi connectivity index (χ0) is 18.4. The Morgan fingerprint density at radius 3 is 2.32 bits per heavy atom. The van der Waals surface area contributed by atoms with Crippen LogP contribution in [0.1, 0.15) is 46.5 Å². The monoisotopic (exact) mass is 363 g/mol. The summed E-state index contributed by atoms with van der Waals surface area (Å²) in [5, 5.41) is 8.07. The van der Waals surface area contributed by atoms with Crippen LogP contribution in [0, 0.1) is 11.3 Å². The summed E-state index contributed by atoms with van der Waals surface area (Å²) >= 11 is 5.33. The Morgan fingerprint density at radius 2 is 1.76 bits per heavy atom. The Hall–Kier alpha value is -1.82. The van der Waals surface area contributed by atoms with Gasteiger partial charge in [-0.2, -0.15) is 5.10 Å². The predicted molar refractivity (Wildman–Crippen MR) is 108 cm³/mol. The molecule has 0 aliphatic heterocycles. The molecule has 138 valence electrons. The first-order valence-corrected chi connectivity index (χ1v) is 9.08. The quantitative estimate of drug-likeness (QED) is 0.606. The number of benzene rings is 1. The summed E-state index contributed by atoms with van der Waals surface area (Å²) in [5.41, 5.74) is 5.35. The minimum atomic E-state index is 0.378. The molecule has 1 aromatic carbocycles. The van der Waals surface area contributed by atoms with Crippen LogP contribution >= 0.6 is 12.2 Å². The average molecular weight is 364 g/mol. The lowest BCUT2D eigenvalue weighted by Crippen LogP contribution is -2.29. The Balaban J connectivity index is 1.87. The van der Waals surface area contributed by atoms with Gasteiger partial charge in [0.2, 0.25) is 0 Å². The molecule has 0 spiro atoms. The molecule has 1 fully saturated rings.